The molecule has 2 aliphatic heterocycles. The third kappa shape index (κ3) is 4.29. The summed E-state index contributed by atoms with van der Waals surface area (Å²) in [6, 6.07) is 9.97. The van der Waals surface area contributed by atoms with Crippen LogP contribution in [0.5, 0.6) is 5.75 Å². The van der Waals surface area contributed by atoms with Gasteiger partial charge in [0.05, 0.1) is 11.1 Å². The van der Waals surface area contributed by atoms with E-state index in [1.54, 1.807) is 6.07 Å². The Morgan fingerprint density at radius 1 is 1.09 bits per heavy atom. The summed E-state index contributed by atoms with van der Waals surface area (Å²) >= 11 is 0. The van der Waals surface area contributed by atoms with Crippen molar-refractivity contribution in [1.82, 2.24) is 20.0 Å². The summed E-state index contributed by atoms with van der Waals surface area (Å²) in [5, 5.41) is 19.0. The topological polar surface area (TPSA) is 75.7 Å². The van der Waals surface area contributed by atoms with Gasteiger partial charge in [-0.25, -0.2) is 0 Å². The average molecular weight is 448 g/mol. The van der Waals surface area contributed by atoms with Crippen molar-refractivity contribution in [1.29, 1.82) is 0 Å². The summed E-state index contributed by atoms with van der Waals surface area (Å²) < 4.78 is 0. The van der Waals surface area contributed by atoms with E-state index in [0.717, 1.165) is 50.1 Å². The molecule has 1 amide bonds. The molecule has 5 rings (SSSR count). The molecule has 0 unspecified atom stereocenters. The Labute approximate surface area is 195 Å². The molecule has 7 nitrogen and oxygen atoms in total. The van der Waals surface area contributed by atoms with Gasteiger partial charge in [-0.1, -0.05) is 19.9 Å². The van der Waals surface area contributed by atoms with Crippen LogP contribution in [-0.4, -0.2) is 64.2 Å². The van der Waals surface area contributed by atoms with Gasteiger partial charge in [0.2, 0.25) is 0 Å². The summed E-state index contributed by atoms with van der Waals surface area (Å²) in [7, 11) is 2.16. The van der Waals surface area contributed by atoms with Crippen molar-refractivity contribution in [3.63, 3.8) is 0 Å². The fourth-order valence-corrected chi connectivity index (χ4v) is 4.85. The van der Waals surface area contributed by atoms with E-state index in [1.807, 2.05) is 11.0 Å². The lowest BCUT2D eigenvalue weighted by Gasteiger charge is -2.34. The molecule has 0 atom stereocenters. The number of anilines is 1. The van der Waals surface area contributed by atoms with E-state index in [-0.39, 0.29) is 11.7 Å². The van der Waals surface area contributed by atoms with E-state index >= 15 is 0 Å². The number of hydrogen-bond donors (Lipinski definition) is 2. The monoisotopic (exact) mass is 447 g/mol. The van der Waals surface area contributed by atoms with Crippen LogP contribution in [0.3, 0.4) is 0 Å². The molecule has 1 saturated heterocycles. The second kappa shape index (κ2) is 8.71. The van der Waals surface area contributed by atoms with Crippen molar-refractivity contribution in [2.24, 2.45) is 5.92 Å². The molecule has 0 spiro atoms. The highest BCUT2D eigenvalue weighted by Crippen LogP contribution is 2.32. The number of carbonyl (C=O) groups excluding carboxylic acids is 1. The van der Waals surface area contributed by atoms with Crippen molar-refractivity contribution >= 4 is 22.5 Å². The average Bonchev–Trinajstić information content (AvgIpc) is 3.40. The molecular formula is C26H33N5O2. The predicted octanol–water partition coefficient (Wildman–Crippen LogP) is 3.76. The lowest BCUT2D eigenvalue weighted by Crippen LogP contribution is -2.44. The number of nitrogens with one attached hydrogen (secondary N) is 1. The summed E-state index contributed by atoms with van der Waals surface area (Å²) in [5.41, 5.74) is 5.68. The van der Waals surface area contributed by atoms with Gasteiger partial charge in [0.1, 0.15) is 5.75 Å². The lowest BCUT2D eigenvalue weighted by atomic mass is 10.0. The maximum atomic E-state index is 13.4. The van der Waals surface area contributed by atoms with Crippen LogP contribution in [-0.2, 0) is 19.5 Å². The van der Waals surface area contributed by atoms with E-state index in [9.17, 15) is 9.90 Å². The highest BCUT2D eigenvalue weighted by atomic mass is 16.3. The second-order valence-electron chi connectivity index (χ2n) is 9.93. The molecule has 0 bridgehead atoms. The Hall–Kier alpha value is -3.06. The number of piperazine rings is 1. The second-order valence-corrected chi connectivity index (χ2v) is 9.93. The number of amides is 1. The van der Waals surface area contributed by atoms with Crippen molar-refractivity contribution in [2.75, 3.05) is 38.1 Å². The molecule has 1 aromatic heterocycles. The van der Waals surface area contributed by atoms with Gasteiger partial charge < -0.3 is 19.8 Å². The van der Waals surface area contributed by atoms with Gasteiger partial charge in [-0.05, 0) is 55.1 Å². The van der Waals surface area contributed by atoms with Gasteiger partial charge >= 0.3 is 0 Å². The predicted molar refractivity (Wildman–Crippen MR) is 131 cm³/mol. The fraction of sp³-hybridized carbons (Fsp3) is 0.462. The molecule has 2 N–H and O–H groups in total. The van der Waals surface area contributed by atoms with Gasteiger partial charge in [-0.15, -0.1) is 0 Å². The minimum absolute atomic E-state index is 0.0107. The lowest BCUT2D eigenvalue weighted by molar-refractivity contribution is 0.0748. The first-order valence-electron chi connectivity index (χ1n) is 11.9. The Kier molecular flexibility index (Phi) is 5.74. The molecule has 174 valence electrons. The number of aromatic amines is 1. The standard InChI is InChI=1S/C26H33N5O2/c1-17(2)4-7-23-21-13-22(25(32)14-24(21)28-27-23)26(33)31-15-18-5-6-20(12-19(18)16-31)30-10-8-29(3)9-11-30/h5-6,12-14,17,32H,4,7-11,15-16H2,1-3H3,(H,27,28). The van der Waals surface area contributed by atoms with Crippen molar-refractivity contribution in [3.8, 4) is 5.75 Å². The molecule has 33 heavy (non-hydrogen) atoms. The molecule has 0 radical (unpaired) electrons. The highest BCUT2D eigenvalue weighted by molar-refractivity contribution is 6.01. The van der Waals surface area contributed by atoms with E-state index in [4.69, 9.17) is 0 Å². The van der Waals surface area contributed by atoms with E-state index < -0.39 is 0 Å². The van der Waals surface area contributed by atoms with Gasteiger partial charge in [-0.3, -0.25) is 9.89 Å². The van der Waals surface area contributed by atoms with Crippen LogP contribution in [0.15, 0.2) is 30.3 Å². The van der Waals surface area contributed by atoms with Crippen LogP contribution >= 0.6 is 0 Å². The van der Waals surface area contributed by atoms with Crippen LogP contribution < -0.4 is 4.90 Å². The van der Waals surface area contributed by atoms with Crippen LogP contribution in [0.4, 0.5) is 5.69 Å². The number of phenolic OH excluding ortho intramolecular Hbond substituents is 1. The first-order chi connectivity index (χ1) is 15.9. The minimum atomic E-state index is -0.136. The van der Waals surface area contributed by atoms with Crippen LogP contribution in [0.2, 0.25) is 0 Å². The zero-order valence-electron chi connectivity index (χ0n) is 19.8. The number of benzene rings is 2. The number of H-pyrrole nitrogens is 1. The first kappa shape index (κ1) is 21.8. The van der Waals surface area contributed by atoms with Crippen LogP contribution in [0, 0.1) is 5.92 Å². The molecule has 3 aromatic rings. The Balaban J connectivity index is 1.35. The quantitative estimate of drug-likeness (QED) is 0.623. The summed E-state index contributed by atoms with van der Waals surface area (Å²) in [6.07, 6.45) is 1.91. The molecular weight excluding hydrogens is 414 g/mol. The largest absolute Gasteiger partial charge is 0.507 e. The number of phenols is 1. The number of nitrogens with zero attached hydrogens (tertiary/aromatic N) is 4. The van der Waals surface area contributed by atoms with E-state index in [2.05, 4.69) is 59.1 Å². The third-order valence-corrected chi connectivity index (χ3v) is 7.02. The van der Waals surface area contributed by atoms with Crippen LogP contribution in [0.25, 0.3) is 10.9 Å². The smallest absolute Gasteiger partial charge is 0.258 e. The molecule has 0 aliphatic carbocycles. The molecule has 2 aromatic carbocycles. The van der Waals surface area contributed by atoms with Crippen molar-refractivity contribution in [2.45, 2.75) is 39.8 Å². The summed E-state index contributed by atoms with van der Waals surface area (Å²) in [4.78, 5) is 20.0. The Bertz CT molecular complexity index is 1180. The molecule has 1 fully saturated rings. The van der Waals surface area contributed by atoms with Gasteiger partial charge in [0, 0.05) is 62.1 Å². The van der Waals surface area contributed by atoms with Crippen LogP contribution in [0.1, 0.15) is 47.4 Å². The number of aryl methyl sites for hydroxylation is 1. The molecule has 2 aliphatic rings. The third-order valence-electron chi connectivity index (χ3n) is 7.02. The van der Waals surface area contributed by atoms with Gasteiger partial charge in [0.15, 0.2) is 0 Å². The Morgan fingerprint density at radius 3 is 2.61 bits per heavy atom. The maximum Gasteiger partial charge on any atom is 0.258 e. The number of aromatic nitrogens is 2. The zero-order chi connectivity index (χ0) is 23.1. The number of carbonyl (C=O) groups is 1. The maximum absolute atomic E-state index is 13.4. The van der Waals surface area contributed by atoms with E-state index in [0.29, 0.717) is 30.1 Å². The molecule has 3 heterocycles. The summed E-state index contributed by atoms with van der Waals surface area (Å²) in [6.45, 7) is 9.71. The number of fused-ring (bicyclic) bond motifs is 2. The van der Waals surface area contributed by atoms with Crippen molar-refractivity contribution < 1.29 is 9.90 Å². The van der Waals surface area contributed by atoms with E-state index in [1.165, 1.54) is 16.8 Å². The SMILES string of the molecule is CC(C)CCc1[nH]nc2cc(O)c(C(=O)N3Cc4ccc(N5CCN(C)CC5)cc4C3)cc12. The first-order valence-corrected chi connectivity index (χ1v) is 11.9. The molecule has 7 heteroatoms. The fourth-order valence-electron chi connectivity index (χ4n) is 4.85. The number of aromatic hydroxyl groups is 1. The van der Waals surface area contributed by atoms with Gasteiger partial charge in [-0.2, -0.15) is 5.10 Å². The normalized spacial score (nSPS) is 16.7. The Morgan fingerprint density at radius 2 is 1.85 bits per heavy atom. The number of rotatable bonds is 5. The molecule has 0 saturated carbocycles. The summed E-state index contributed by atoms with van der Waals surface area (Å²) in [5.74, 6) is 0.437. The minimum Gasteiger partial charge on any atom is -0.507 e. The van der Waals surface area contributed by atoms with Gasteiger partial charge in [0.25, 0.3) is 5.91 Å². The highest BCUT2D eigenvalue weighted by Gasteiger charge is 2.28. The zero-order valence-corrected chi connectivity index (χ0v) is 19.8. The number of hydrogen-bond acceptors (Lipinski definition) is 5. The number of likely N-dealkylation sites (N-methyl/N-ethyl adjacent to an activating group) is 1. The van der Waals surface area contributed by atoms with Crippen molar-refractivity contribution in [3.05, 3.63) is 52.7 Å².